The van der Waals surface area contributed by atoms with Crippen molar-refractivity contribution in [3.05, 3.63) is 42.5 Å². The molecule has 146 valence electrons. The minimum atomic E-state index is -0.799. The highest BCUT2D eigenvalue weighted by Crippen LogP contribution is 2.29. The van der Waals surface area contributed by atoms with E-state index in [2.05, 4.69) is 15.3 Å². The zero-order valence-electron chi connectivity index (χ0n) is 16.3. The van der Waals surface area contributed by atoms with E-state index in [1.54, 1.807) is 7.11 Å². The maximum absolute atomic E-state index is 10.7. The Kier molecular flexibility index (Phi) is 5.93. The summed E-state index contributed by atoms with van der Waals surface area (Å²) < 4.78 is 5.22. The van der Waals surface area contributed by atoms with Crippen LogP contribution in [0.1, 0.15) is 12.8 Å². The number of fused-ring (bicyclic) bond motifs is 1. The van der Waals surface area contributed by atoms with E-state index in [9.17, 15) is 4.79 Å². The third kappa shape index (κ3) is 4.49. The predicted molar refractivity (Wildman–Crippen MR) is 111 cm³/mol. The van der Waals surface area contributed by atoms with Crippen LogP contribution in [0.5, 0.6) is 5.75 Å². The number of carboxylic acid groups (broad SMARTS) is 1. The number of aliphatic carboxylic acids is 1. The van der Waals surface area contributed by atoms with E-state index in [-0.39, 0.29) is 6.42 Å². The van der Waals surface area contributed by atoms with Gasteiger partial charge in [0.15, 0.2) is 0 Å². The smallest absolute Gasteiger partial charge is 0.303 e. The van der Waals surface area contributed by atoms with Crippen LogP contribution in [0.2, 0.25) is 0 Å². The van der Waals surface area contributed by atoms with Crippen molar-refractivity contribution in [2.45, 2.75) is 12.8 Å². The second-order valence-corrected chi connectivity index (χ2v) is 6.65. The molecule has 7 heteroatoms. The summed E-state index contributed by atoms with van der Waals surface area (Å²) in [6.45, 7) is 0.533. The highest BCUT2D eigenvalue weighted by molar-refractivity contribution is 5.93. The molecular weight excluding hydrogens is 356 g/mol. The molecule has 28 heavy (non-hydrogen) atoms. The average Bonchev–Trinajstić information content (AvgIpc) is 2.70. The summed E-state index contributed by atoms with van der Waals surface area (Å²) in [5, 5.41) is 13.0. The Balaban J connectivity index is 1.95. The summed E-state index contributed by atoms with van der Waals surface area (Å²) in [5.74, 6) is 1.32. The molecule has 0 radical (unpaired) electrons. The molecule has 3 rings (SSSR count). The summed E-state index contributed by atoms with van der Waals surface area (Å²) in [4.78, 5) is 21.8. The minimum Gasteiger partial charge on any atom is -0.497 e. The van der Waals surface area contributed by atoms with Crippen molar-refractivity contribution >= 4 is 28.6 Å². The number of methoxy groups -OCH3 is 1. The number of hydrogen-bond acceptors (Lipinski definition) is 6. The maximum Gasteiger partial charge on any atom is 0.303 e. The largest absolute Gasteiger partial charge is 0.497 e. The summed E-state index contributed by atoms with van der Waals surface area (Å²) >= 11 is 0. The molecule has 0 aliphatic heterocycles. The van der Waals surface area contributed by atoms with Gasteiger partial charge >= 0.3 is 5.97 Å². The molecule has 0 unspecified atom stereocenters. The Morgan fingerprint density at radius 3 is 2.46 bits per heavy atom. The van der Waals surface area contributed by atoms with E-state index in [1.807, 2.05) is 61.5 Å². The van der Waals surface area contributed by atoms with Gasteiger partial charge < -0.3 is 20.1 Å². The first-order valence-corrected chi connectivity index (χ1v) is 9.07. The Morgan fingerprint density at radius 1 is 1.11 bits per heavy atom. The van der Waals surface area contributed by atoms with Gasteiger partial charge in [0.1, 0.15) is 11.6 Å². The second kappa shape index (κ2) is 8.56. The summed E-state index contributed by atoms with van der Waals surface area (Å²) in [6, 6.07) is 14.0. The topological polar surface area (TPSA) is 87.6 Å². The summed E-state index contributed by atoms with van der Waals surface area (Å²) in [7, 11) is 5.43. The third-order valence-corrected chi connectivity index (χ3v) is 4.37. The fourth-order valence-electron chi connectivity index (χ4n) is 2.86. The van der Waals surface area contributed by atoms with E-state index in [1.165, 1.54) is 0 Å². The highest BCUT2D eigenvalue weighted by Gasteiger charge is 2.11. The molecule has 0 amide bonds. The lowest BCUT2D eigenvalue weighted by Crippen LogP contribution is -2.15. The van der Waals surface area contributed by atoms with Crippen LogP contribution in [0.3, 0.4) is 0 Å². The van der Waals surface area contributed by atoms with Crippen LogP contribution in [0, 0.1) is 0 Å². The third-order valence-electron chi connectivity index (χ3n) is 4.37. The Morgan fingerprint density at radius 2 is 1.82 bits per heavy atom. The zero-order valence-corrected chi connectivity index (χ0v) is 16.3. The van der Waals surface area contributed by atoms with E-state index >= 15 is 0 Å². The highest BCUT2D eigenvalue weighted by atomic mass is 16.5. The van der Waals surface area contributed by atoms with Gasteiger partial charge in [0.2, 0.25) is 5.95 Å². The van der Waals surface area contributed by atoms with Crippen LogP contribution < -0.4 is 15.0 Å². The number of ether oxygens (including phenoxy) is 1. The van der Waals surface area contributed by atoms with Crippen molar-refractivity contribution in [1.82, 2.24) is 9.97 Å². The number of hydrogen-bond donors (Lipinski definition) is 2. The van der Waals surface area contributed by atoms with Crippen molar-refractivity contribution in [2.24, 2.45) is 0 Å². The van der Waals surface area contributed by atoms with Crippen LogP contribution >= 0.6 is 0 Å². The monoisotopic (exact) mass is 380 g/mol. The van der Waals surface area contributed by atoms with E-state index in [0.29, 0.717) is 24.7 Å². The number of aromatic nitrogens is 2. The molecule has 2 aromatic carbocycles. The summed E-state index contributed by atoms with van der Waals surface area (Å²) in [6.07, 6.45) is 0.653. The molecule has 0 saturated carbocycles. The van der Waals surface area contributed by atoms with Gasteiger partial charge in [-0.15, -0.1) is 0 Å². The van der Waals surface area contributed by atoms with Crippen molar-refractivity contribution in [1.29, 1.82) is 0 Å². The van der Waals surface area contributed by atoms with Crippen molar-refractivity contribution in [3.8, 4) is 16.9 Å². The normalized spacial score (nSPS) is 10.7. The number of nitrogens with one attached hydrogen (secondary N) is 1. The first kappa shape index (κ1) is 19.4. The van der Waals surface area contributed by atoms with Crippen molar-refractivity contribution in [2.75, 3.05) is 38.0 Å². The number of nitrogens with zero attached hydrogens (tertiary/aromatic N) is 3. The minimum absolute atomic E-state index is 0.123. The SMILES string of the molecule is COc1ccc(-c2ccc3c(NCCCC(=O)O)nc(N(C)C)nc3c2)cc1. The molecule has 0 saturated heterocycles. The van der Waals surface area contributed by atoms with Crippen LogP contribution in [-0.2, 0) is 4.79 Å². The number of carbonyl (C=O) groups is 1. The lowest BCUT2D eigenvalue weighted by atomic mass is 10.0. The van der Waals surface area contributed by atoms with Crippen LogP contribution in [0.4, 0.5) is 11.8 Å². The summed E-state index contributed by atoms with van der Waals surface area (Å²) in [5.41, 5.74) is 2.95. The van der Waals surface area contributed by atoms with Crippen LogP contribution in [0.15, 0.2) is 42.5 Å². The molecule has 0 bridgehead atoms. The molecule has 0 atom stereocenters. The molecule has 1 aromatic heterocycles. The van der Waals surface area contributed by atoms with Crippen molar-refractivity contribution < 1.29 is 14.6 Å². The standard InChI is InChI=1S/C21H24N4O3/c1-25(2)21-23-18-13-15(14-6-9-16(28-3)10-7-14)8-11-17(18)20(24-21)22-12-4-5-19(26)27/h6-11,13H,4-5,12H2,1-3H3,(H,26,27)(H,22,23,24). The number of benzene rings is 2. The Hall–Kier alpha value is -3.35. The van der Waals surface area contributed by atoms with Gasteiger partial charge in [-0.05, 0) is 41.8 Å². The molecule has 0 aliphatic rings. The lowest BCUT2D eigenvalue weighted by molar-refractivity contribution is -0.137. The van der Waals surface area contributed by atoms with E-state index in [4.69, 9.17) is 9.84 Å². The molecule has 1 heterocycles. The Labute approximate surface area is 164 Å². The number of carboxylic acids is 1. The average molecular weight is 380 g/mol. The second-order valence-electron chi connectivity index (χ2n) is 6.65. The van der Waals surface area contributed by atoms with E-state index < -0.39 is 5.97 Å². The van der Waals surface area contributed by atoms with Gasteiger partial charge in [-0.3, -0.25) is 4.79 Å². The maximum atomic E-state index is 10.7. The van der Waals surface area contributed by atoms with Crippen LogP contribution in [-0.4, -0.2) is 48.8 Å². The van der Waals surface area contributed by atoms with Crippen LogP contribution in [0.25, 0.3) is 22.0 Å². The van der Waals surface area contributed by atoms with Gasteiger partial charge in [0, 0.05) is 32.4 Å². The molecule has 0 spiro atoms. The number of anilines is 2. The molecule has 7 nitrogen and oxygen atoms in total. The quantitative estimate of drug-likeness (QED) is 0.577. The van der Waals surface area contributed by atoms with Gasteiger partial charge in [-0.2, -0.15) is 4.98 Å². The fraction of sp³-hybridized carbons (Fsp3) is 0.286. The molecule has 3 aromatic rings. The molecule has 0 fully saturated rings. The zero-order chi connectivity index (χ0) is 20.1. The van der Waals surface area contributed by atoms with Crippen molar-refractivity contribution in [3.63, 3.8) is 0 Å². The van der Waals surface area contributed by atoms with Gasteiger partial charge in [-0.25, -0.2) is 4.98 Å². The first-order valence-electron chi connectivity index (χ1n) is 9.07. The van der Waals surface area contributed by atoms with E-state index in [0.717, 1.165) is 27.8 Å². The lowest BCUT2D eigenvalue weighted by Gasteiger charge is -2.15. The van der Waals surface area contributed by atoms with Gasteiger partial charge in [0.05, 0.1) is 12.6 Å². The number of rotatable bonds is 8. The Bertz CT molecular complexity index is 971. The first-order chi connectivity index (χ1) is 13.5. The predicted octanol–water partition coefficient (Wildman–Crippen LogP) is 3.65. The molecule has 2 N–H and O–H groups in total. The molecular formula is C21H24N4O3. The fourth-order valence-corrected chi connectivity index (χ4v) is 2.86. The van der Waals surface area contributed by atoms with Gasteiger partial charge in [0.25, 0.3) is 0 Å². The molecule has 0 aliphatic carbocycles. The van der Waals surface area contributed by atoms with Gasteiger partial charge in [-0.1, -0.05) is 18.2 Å².